The first-order valence-electron chi connectivity index (χ1n) is 6.34. The Bertz CT molecular complexity index is 318. The Labute approximate surface area is 97.7 Å². The molecule has 2 N–H and O–H groups in total. The Morgan fingerprint density at radius 2 is 1.94 bits per heavy atom. The summed E-state index contributed by atoms with van der Waals surface area (Å²) in [5, 5.41) is 13.0. The molecule has 0 heterocycles. The zero-order valence-electron chi connectivity index (χ0n) is 9.78. The van der Waals surface area contributed by atoms with Gasteiger partial charge in [0.05, 0.1) is 0 Å². The Kier molecular flexibility index (Phi) is 4.23. The third-order valence-corrected chi connectivity index (χ3v) is 3.51. The first-order valence-corrected chi connectivity index (χ1v) is 6.34. The minimum Gasteiger partial charge on any atom is -0.508 e. The van der Waals surface area contributed by atoms with Crippen LogP contribution in [0.5, 0.6) is 5.75 Å². The van der Waals surface area contributed by atoms with Crippen LogP contribution in [-0.4, -0.2) is 11.7 Å². The Balaban J connectivity index is 1.66. The molecule has 1 aliphatic carbocycles. The van der Waals surface area contributed by atoms with Crippen molar-refractivity contribution in [2.75, 3.05) is 6.54 Å². The van der Waals surface area contributed by atoms with Gasteiger partial charge < -0.3 is 10.4 Å². The smallest absolute Gasteiger partial charge is 0.120 e. The molecule has 0 bridgehead atoms. The fraction of sp³-hybridized carbons (Fsp3) is 0.571. The van der Waals surface area contributed by atoms with Crippen molar-refractivity contribution in [3.05, 3.63) is 29.8 Å². The van der Waals surface area contributed by atoms with Gasteiger partial charge in [-0.2, -0.15) is 0 Å². The summed E-state index contributed by atoms with van der Waals surface area (Å²) >= 11 is 0. The molecule has 2 heteroatoms. The lowest BCUT2D eigenvalue weighted by atomic mass is 10.0. The van der Waals surface area contributed by atoms with Crippen LogP contribution in [0.2, 0.25) is 0 Å². The second-order valence-corrected chi connectivity index (χ2v) is 4.74. The van der Waals surface area contributed by atoms with Gasteiger partial charge in [-0.05, 0) is 24.9 Å². The number of para-hydroxylation sites is 1. The number of hydrogen-bond acceptors (Lipinski definition) is 2. The maximum Gasteiger partial charge on any atom is 0.120 e. The summed E-state index contributed by atoms with van der Waals surface area (Å²) in [5.41, 5.74) is 0.994. The van der Waals surface area contributed by atoms with Crippen LogP contribution in [0.3, 0.4) is 0 Å². The van der Waals surface area contributed by atoms with Crippen LogP contribution in [0.25, 0.3) is 0 Å². The summed E-state index contributed by atoms with van der Waals surface area (Å²) < 4.78 is 0. The van der Waals surface area contributed by atoms with E-state index < -0.39 is 0 Å². The van der Waals surface area contributed by atoms with Crippen LogP contribution in [0.1, 0.15) is 37.7 Å². The predicted octanol–water partition coefficient (Wildman–Crippen LogP) is 3.06. The maximum absolute atomic E-state index is 9.58. The van der Waals surface area contributed by atoms with Crippen molar-refractivity contribution in [1.29, 1.82) is 0 Å². The van der Waals surface area contributed by atoms with Gasteiger partial charge in [-0.1, -0.05) is 43.9 Å². The van der Waals surface area contributed by atoms with E-state index in [1.807, 2.05) is 18.2 Å². The molecule has 0 aliphatic heterocycles. The number of nitrogens with one attached hydrogen (secondary N) is 1. The number of phenolic OH excluding ortho intramolecular Hbond substituents is 1. The molecule has 2 nitrogen and oxygen atoms in total. The Morgan fingerprint density at radius 1 is 1.19 bits per heavy atom. The maximum atomic E-state index is 9.58. The van der Waals surface area contributed by atoms with Crippen molar-refractivity contribution >= 4 is 0 Å². The van der Waals surface area contributed by atoms with Crippen LogP contribution < -0.4 is 5.32 Å². The molecule has 88 valence electrons. The molecule has 0 atom stereocenters. The third kappa shape index (κ3) is 3.24. The molecule has 1 aromatic carbocycles. The van der Waals surface area contributed by atoms with E-state index in [2.05, 4.69) is 5.32 Å². The first-order chi connectivity index (χ1) is 7.86. The number of aromatic hydroxyl groups is 1. The SMILES string of the molecule is Oc1ccccc1CNCCC1CCCC1. The monoisotopic (exact) mass is 219 g/mol. The predicted molar refractivity (Wildman–Crippen MR) is 66.4 cm³/mol. The minimum atomic E-state index is 0.399. The lowest BCUT2D eigenvalue weighted by molar-refractivity contribution is 0.455. The van der Waals surface area contributed by atoms with E-state index in [9.17, 15) is 5.11 Å². The molecule has 0 aromatic heterocycles. The van der Waals surface area contributed by atoms with Crippen molar-refractivity contribution in [3.63, 3.8) is 0 Å². The van der Waals surface area contributed by atoms with Gasteiger partial charge in [-0.3, -0.25) is 0 Å². The Morgan fingerprint density at radius 3 is 2.69 bits per heavy atom. The molecule has 1 saturated carbocycles. The summed E-state index contributed by atoms with van der Waals surface area (Å²) in [6.07, 6.45) is 6.96. The summed E-state index contributed by atoms with van der Waals surface area (Å²) in [5.74, 6) is 1.34. The summed E-state index contributed by atoms with van der Waals surface area (Å²) in [4.78, 5) is 0. The molecular weight excluding hydrogens is 198 g/mol. The fourth-order valence-corrected chi connectivity index (χ4v) is 2.49. The molecule has 2 rings (SSSR count). The fourth-order valence-electron chi connectivity index (χ4n) is 2.49. The number of phenols is 1. The van der Waals surface area contributed by atoms with Crippen molar-refractivity contribution in [1.82, 2.24) is 5.32 Å². The molecule has 1 aliphatic rings. The summed E-state index contributed by atoms with van der Waals surface area (Å²) in [7, 11) is 0. The number of hydrogen-bond donors (Lipinski definition) is 2. The van der Waals surface area contributed by atoms with Crippen LogP contribution in [-0.2, 0) is 6.54 Å². The van der Waals surface area contributed by atoms with Crippen molar-refractivity contribution in [2.45, 2.75) is 38.6 Å². The normalized spacial score (nSPS) is 16.8. The van der Waals surface area contributed by atoms with E-state index in [4.69, 9.17) is 0 Å². The molecule has 0 amide bonds. The van der Waals surface area contributed by atoms with Gasteiger partial charge in [-0.25, -0.2) is 0 Å². The number of benzene rings is 1. The average molecular weight is 219 g/mol. The quantitative estimate of drug-likeness (QED) is 0.746. The molecule has 0 unspecified atom stereocenters. The standard InChI is InChI=1S/C14H21NO/c16-14-8-4-3-7-13(14)11-15-10-9-12-5-1-2-6-12/h3-4,7-8,12,15-16H,1-2,5-6,9-11H2. The van der Waals surface area contributed by atoms with E-state index in [0.717, 1.165) is 24.6 Å². The zero-order valence-corrected chi connectivity index (χ0v) is 9.78. The summed E-state index contributed by atoms with van der Waals surface area (Å²) in [6, 6.07) is 7.54. The molecule has 16 heavy (non-hydrogen) atoms. The molecular formula is C14H21NO. The highest BCUT2D eigenvalue weighted by molar-refractivity contribution is 5.31. The van der Waals surface area contributed by atoms with Gasteiger partial charge in [0.2, 0.25) is 0 Å². The van der Waals surface area contributed by atoms with Crippen molar-refractivity contribution in [2.24, 2.45) is 5.92 Å². The molecule has 0 saturated heterocycles. The van der Waals surface area contributed by atoms with Gasteiger partial charge in [0.25, 0.3) is 0 Å². The van der Waals surface area contributed by atoms with E-state index in [-0.39, 0.29) is 0 Å². The van der Waals surface area contributed by atoms with E-state index in [1.54, 1.807) is 6.07 Å². The van der Waals surface area contributed by atoms with Gasteiger partial charge in [0, 0.05) is 12.1 Å². The highest BCUT2D eigenvalue weighted by Crippen LogP contribution is 2.26. The average Bonchev–Trinajstić information content (AvgIpc) is 2.79. The van der Waals surface area contributed by atoms with Crippen LogP contribution >= 0.6 is 0 Å². The lowest BCUT2D eigenvalue weighted by Gasteiger charge is -2.10. The number of rotatable bonds is 5. The van der Waals surface area contributed by atoms with Gasteiger partial charge in [0.1, 0.15) is 5.75 Å². The van der Waals surface area contributed by atoms with Crippen molar-refractivity contribution < 1.29 is 5.11 Å². The van der Waals surface area contributed by atoms with E-state index in [0.29, 0.717) is 5.75 Å². The zero-order chi connectivity index (χ0) is 11.2. The van der Waals surface area contributed by atoms with Crippen molar-refractivity contribution in [3.8, 4) is 5.75 Å². The van der Waals surface area contributed by atoms with Gasteiger partial charge >= 0.3 is 0 Å². The molecule has 0 spiro atoms. The summed E-state index contributed by atoms with van der Waals surface area (Å²) in [6.45, 7) is 1.85. The highest BCUT2D eigenvalue weighted by Gasteiger charge is 2.13. The molecule has 1 fully saturated rings. The largest absolute Gasteiger partial charge is 0.508 e. The lowest BCUT2D eigenvalue weighted by Crippen LogP contribution is -2.17. The first kappa shape index (κ1) is 11.5. The van der Waals surface area contributed by atoms with E-state index >= 15 is 0 Å². The molecule has 0 radical (unpaired) electrons. The van der Waals surface area contributed by atoms with E-state index in [1.165, 1.54) is 32.1 Å². The minimum absolute atomic E-state index is 0.399. The Hall–Kier alpha value is -1.02. The van der Waals surface area contributed by atoms with Crippen LogP contribution in [0.15, 0.2) is 24.3 Å². The highest BCUT2D eigenvalue weighted by atomic mass is 16.3. The van der Waals surface area contributed by atoms with Gasteiger partial charge in [0.15, 0.2) is 0 Å². The van der Waals surface area contributed by atoms with Crippen LogP contribution in [0.4, 0.5) is 0 Å². The second kappa shape index (κ2) is 5.90. The topological polar surface area (TPSA) is 32.3 Å². The molecule has 1 aromatic rings. The van der Waals surface area contributed by atoms with Crippen LogP contribution in [0, 0.1) is 5.92 Å². The third-order valence-electron chi connectivity index (χ3n) is 3.51. The van der Waals surface area contributed by atoms with Gasteiger partial charge in [-0.15, -0.1) is 0 Å². The second-order valence-electron chi connectivity index (χ2n) is 4.74.